The van der Waals surface area contributed by atoms with Crippen LogP contribution in [-0.4, -0.2) is 38.2 Å². The molecule has 5 nitrogen and oxygen atoms in total. The van der Waals surface area contributed by atoms with Gasteiger partial charge in [0.1, 0.15) is 12.6 Å². The summed E-state index contributed by atoms with van der Waals surface area (Å²) in [6, 6.07) is 3.41. The lowest BCUT2D eigenvalue weighted by Gasteiger charge is -2.30. The van der Waals surface area contributed by atoms with Gasteiger partial charge in [0.2, 0.25) is 0 Å². The van der Waals surface area contributed by atoms with E-state index >= 15 is 0 Å². The number of anilines is 1. The molecule has 0 aliphatic carbocycles. The Labute approximate surface area is 124 Å². The normalized spacial score (nSPS) is 17.7. The second-order valence-electron chi connectivity index (χ2n) is 5.34. The molecule has 0 radical (unpaired) electrons. The van der Waals surface area contributed by atoms with Gasteiger partial charge < -0.3 is 9.47 Å². The molecule has 1 aliphatic rings. The van der Waals surface area contributed by atoms with Crippen LogP contribution in [0.2, 0.25) is 0 Å². The van der Waals surface area contributed by atoms with E-state index in [2.05, 4.69) is 0 Å². The molecule has 1 saturated heterocycles. The first-order valence-electron chi connectivity index (χ1n) is 7.01. The van der Waals surface area contributed by atoms with Gasteiger partial charge in [0.15, 0.2) is 0 Å². The molecular weight excluding hydrogens is 270 g/mol. The Bertz CT molecular complexity index is 568. The summed E-state index contributed by atoms with van der Waals surface area (Å²) >= 11 is 0. The molecule has 2 rings (SSSR count). The Morgan fingerprint density at radius 2 is 2.00 bits per heavy atom. The summed E-state index contributed by atoms with van der Waals surface area (Å²) in [5.41, 5.74) is 3.83. The van der Waals surface area contributed by atoms with Crippen LogP contribution in [0, 0.1) is 20.8 Å². The first-order valence-corrected chi connectivity index (χ1v) is 7.01. The highest BCUT2D eigenvalue weighted by molar-refractivity contribution is 6.02. The van der Waals surface area contributed by atoms with E-state index in [1.165, 1.54) is 7.11 Å². The Morgan fingerprint density at radius 3 is 2.57 bits per heavy atom. The second kappa shape index (κ2) is 6.26. The number of hydrogen-bond donors (Lipinski definition) is 0. The smallest absolute Gasteiger partial charge is 0.329 e. The molecule has 5 heteroatoms. The summed E-state index contributed by atoms with van der Waals surface area (Å²) in [7, 11) is 1.47. The van der Waals surface area contributed by atoms with Crippen LogP contribution in [0.15, 0.2) is 12.1 Å². The van der Waals surface area contributed by atoms with E-state index in [1.54, 1.807) is 4.90 Å². The molecular formula is C16H21NO4. The lowest BCUT2D eigenvalue weighted by Crippen LogP contribution is -2.45. The van der Waals surface area contributed by atoms with Crippen molar-refractivity contribution < 1.29 is 19.1 Å². The van der Waals surface area contributed by atoms with Crippen LogP contribution in [0.25, 0.3) is 0 Å². The average Bonchev–Trinajstić information content (AvgIpc) is 2.85. The summed E-state index contributed by atoms with van der Waals surface area (Å²) in [6.45, 7) is 6.19. The standard InChI is InChI=1S/C16H21NO4/c1-10-5-6-11(2)15(12(10)3)17(14(18)9-20-4)13-7-8-21-16(13)19/h5-6,13H,7-9H2,1-4H3. The maximum absolute atomic E-state index is 12.5. The predicted octanol–water partition coefficient (Wildman–Crippen LogP) is 1.91. The van der Waals surface area contributed by atoms with Gasteiger partial charge in [0.05, 0.1) is 12.3 Å². The topological polar surface area (TPSA) is 55.8 Å². The number of carbonyl (C=O) groups excluding carboxylic acids is 2. The SMILES string of the molecule is COCC(=O)N(c1c(C)ccc(C)c1C)C1CCOC1=O. The highest BCUT2D eigenvalue weighted by atomic mass is 16.5. The molecule has 0 bridgehead atoms. The molecule has 21 heavy (non-hydrogen) atoms. The van der Waals surface area contributed by atoms with E-state index < -0.39 is 6.04 Å². The zero-order valence-corrected chi connectivity index (χ0v) is 12.9. The van der Waals surface area contributed by atoms with Gasteiger partial charge in [-0.25, -0.2) is 4.79 Å². The number of benzene rings is 1. The van der Waals surface area contributed by atoms with Gasteiger partial charge in [-0.05, 0) is 37.5 Å². The highest BCUT2D eigenvalue weighted by Gasteiger charge is 2.37. The molecule has 1 fully saturated rings. The second-order valence-corrected chi connectivity index (χ2v) is 5.34. The van der Waals surface area contributed by atoms with Crippen molar-refractivity contribution in [3.63, 3.8) is 0 Å². The maximum atomic E-state index is 12.5. The van der Waals surface area contributed by atoms with E-state index in [9.17, 15) is 9.59 Å². The fourth-order valence-corrected chi connectivity index (χ4v) is 2.67. The number of amides is 1. The Balaban J connectivity index is 2.52. The largest absolute Gasteiger partial charge is 0.464 e. The Hall–Kier alpha value is -1.88. The quantitative estimate of drug-likeness (QED) is 0.795. The third kappa shape index (κ3) is 2.93. The zero-order valence-electron chi connectivity index (χ0n) is 12.9. The Morgan fingerprint density at radius 1 is 1.33 bits per heavy atom. The van der Waals surface area contributed by atoms with E-state index in [1.807, 2.05) is 32.9 Å². The first kappa shape index (κ1) is 15.5. The molecule has 1 heterocycles. The minimum atomic E-state index is -0.563. The van der Waals surface area contributed by atoms with Crippen molar-refractivity contribution in [1.29, 1.82) is 0 Å². The lowest BCUT2D eigenvalue weighted by molar-refractivity contribution is -0.140. The van der Waals surface area contributed by atoms with Crippen LogP contribution in [-0.2, 0) is 19.1 Å². The molecule has 1 unspecified atom stereocenters. The molecule has 1 amide bonds. The molecule has 0 aromatic heterocycles. The monoisotopic (exact) mass is 291 g/mol. The lowest BCUT2D eigenvalue weighted by atomic mass is 10.0. The van der Waals surface area contributed by atoms with Gasteiger partial charge in [-0.15, -0.1) is 0 Å². The number of carbonyl (C=O) groups is 2. The highest BCUT2D eigenvalue weighted by Crippen LogP contribution is 2.31. The number of aryl methyl sites for hydroxylation is 2. The van der Waals surface area contributed by atoms with Gasteiger partial charge in [0.25, 0.3) is 5.91 Å². The molecule has 0 saturated carbocycles. The fourth-order valence-electron chi connectivity index (χ4n) is 2.67. The molecule has 0 N–H and O–H groups in total. The summed E-state index contributed by atoms with van der Waals surface area (Å²) in [5.74, 6) is -0.571. The number of cyclic esters (lactones) is 1. The fraction of sp³-hybridized carbons (Fsp3) is 0.500. The third-order valence-electron chi connectivity index (χ3n) is 3.90. The van der Waals surface area contributed by atoms with Crippen LogP contribution >= 0.6 is 0 Å². The average molecular weight is 291 g/mol. The van der Waals surface area contributed by atoms with Crippen molar-refractivity contribution in [2.24, 2.45) is 0 Å². The molecule has 114 valence electrons. The van der Waals surface area contributed by atoms with Crippen molar-refractivity contribution in [3.8, 4) is 0 Å². The molecule has 1 aromatic rings. The summed E-state index contributed by atoms with van der Waals surface area (Å²) in [6.07, 6.45) is 0.515. The number of methoxy groups -OCH3 is 1. The zero-order chi connectivity index (χ0) is 15.6. The minimum Gasteiger partial charge on any atom is -0.464 e. The number of rotatable bonds is 4. The van der Waals surface area contributed by atoms with E-state index in [0.29, 0.717) is 13.0 Å². The molecule has 1 aliphatic heterocycles. The van der Waals surface area contributed by atoms with Crippen LogP contribution in [0.1, 0.15) is 23.1 Å². The summed E-state index contributed by atoms with van der Waals surface area (Å²) in [4.78, 5) is 26.0. The molecule has 1 atom stereocenters. The van der Waals surface area contributed by atoms with Crippen molar-refractivity contribution in [2.75, 3.05) is 25.2 Å². The van der Waals surface area contributed by atoms with Crippen LogP contribution in [0.5, 0.6) is 0 Å². The number of esters is 1. The van der Waals surface area contributed by atoms with Gasteiger partial charge in [-0.3, -0.25) is 9.69 Å². The summed E-state index contributed by atoms with van der Waals surface area (Å²) < 4.78 is 10.0. The van der Waals surface area contributed by atoms with Crippen molar-refractivity contribution in [3.05, 3.63) is 28.8 Å². The van der Waals surface area contributed by atoms with Crippen molar-refractivity contribution >= 4 is 17.6 Å². The number of hydrogen-bond acceptors (Lipinski definition) is 4. The first-order chi connectivity index (χ1) is 9.97. The third-order valence-corrected chi connectivity index (χ3v) is 3.90. The number of nitrogens with zero attached hydrogens (tertiary/aromatic N) is 1. The van der Waals surface area contributed by atoms with Crippen LogP contribution < -0.4 is 4.90 Å². The molecule has 1 aromatic carbocycles. The Kier molecular flexibility index (Phi) is 4.63. The minimum absolute atomic E-state index is 0.0589. The maximum Gasteiger partial charge on any atom is 0.329 e. The van der Waals surface area contributed by atoms with Gasteiger partial charge >= 0.3 is 5.97 Å². The predicted molar refractivity (Wildman–Crippen MR) is 79.4 cm³/mol. The summed E-state index contributed by atoms with van der Waals surface area (Å²) in [5, 5.41) is 0. The van der Waals surface area contributed by atoms with Crippen LogP contribution in [0.4, 0.5) is 5.69 Å². The van der Waals surface area contributed by atoms with E-state index in [0.717, 1.165) is 22.4 Å². The van der Waals surface area contributed by atoms with Crippen molar-refractivity contribution in [2.45, 2.75) is 33.2 Å². The van der Waals surface area contributed by atoms with Gasteiger partial charge in [-0.2, -0.15) is 0 Å². The van der Waals surface area contributed by atoms with Gasteiger partial charge in [0, 0.05) is 13.5 Å². The van der Waals surface area contributed by atoms with Crippen LogP contribution in [0.3, 0.4) is 0 Å². The van der Waals surface area contributed by atoms with E-state index in [4.69, 9.17) is 9.47 Å². The molecule has 0 spiro atoms. The number of ether oxygens (including phenoxy) is 2. The van der Waals surface area contributed by atoms with E-state index in [-0.39, 0.29) is 18.5 Å². The van der Waals surface area contributed by atoms with Gasteiger partial charge in [-0.1, -0.05) is 12.1 Å². The van der Waals surface area contributed by atoms with Crippen molar-refractivity contribution in [1.82, 2.24) is 0 Å².